The van der Waals surface area contributed by atoms with Crippen molar-refractivity contribution >= 4 is 11.0 Å². The zero-order valence-corrected chi connectivity index (χ0v) is 14.2. The van der Waals surface area contributed by atoms with Gasteiger partial charge in [0.05, 0.1) is 0 Å². The predicted molar refractivity (Wildman–Crippen MR) is 93.9 cm³/mol. The summed E-state index contributed by atoms with van der Waals surface area (Å²) in [5.41, 5.74) is 2.88. The Morgan fingerprint density at radius 3 is 2.56 bits per heavy atom. The molecule has 0 fully saturated rings. The fourth-order valence-electron chi connectivity index (χ4n) is 2.82. The average molecular weight is 369 g/mol. The summed E-state index contributed by atoms with van der Waals surface area (Å²) in [5.74, 6) is 0.154. The molecule has 0 atom stereocenters. The number of aromatic amines is 1. The van der Waals surface area contributed by atoms with Crippen molar-refractivity contribution in [2.75, 3.05) is 0 Å². The molecule has 136 valence electrons. The van der Waals surface area contributed by atoms with E-state index in [9.17, 15) is 13.2 Å². The summed E-state index contributed by atoms with van der Waals surface area (Å²) < 4.78 is 38.4. The molecule has 4 rings (SSSR count). The molecule has 0 unspecified atom stereocenters. The summed E-state index contributed by atoms with van der Waals surface area (Å²) in [4.78, 5) is 19.4. The normalized spacial score (nSPS) is 11.9. The van der Waals surface area contributed by atoms with Gasteiger partial charge in [0.2, 0.25) is 0 Å². The van der Waals surface area contributed by atoms with Gasteiger partial charge in [-0.25, -0.2) is 19.9 Å². The number of hydrogen-bond donors (Lipinski definition) is 1. The Morgan fingerprint density at radius 2 is 1.81 bits per heavy atom. The minimum Gasteiger partial charge on any atom is -0.346 e. The molecule has 27 heavy (non-hydrogen) atoms. The lowest BCUT2D eigenvalue weighted by molar-refractivity contribution is -0.141. The number of aromatic nitrogens is 5. The smallest absolute Gasteiger partial charge is 0.346 e. The lowest BCUT2D eigenvalue weighted by atomic mass is 10.1. The number of alkyl halides is 3. The Morgan fingerprint density at radius 1 is 1.04 bits per heavy atom. The van der Waals surface area contributed by atoms with Gasteiger partial charge in [-0.1, -0.05) is 6.07 Å². The van der Waals surface area contributed by atoms with Gasteiger partial charge in [0.25, 0.3) is 0 Å². The van der Waals surface area contributed by atoms with Crippen LogP contribution in [0.2, 0.25) is 0 Å². The van der Waals surface area contributed by atoms with Gasteiger partial charge in [0.15, 0.2) is 5.82 Å². The maximum Gasteiger partial charge on any atom is 0.433 e. The summed E-state index contributed by atoms with van der Waals surface area (Å²) in [7, 11) is 0. The predicted octanol–water partition coefficient (Wildman–Crippen LogP) is 4.33. The second kappa shape index (κ2) is 6.46. The number of nitrogens with one attached hydrogen (secondary N) is 1. The number of rotatable bonds is 3. The lowest BCUT2D eigenvalue weighted by Gasteiger charge is -2.07. The Kier molecular flexibility index (Phi) is 4.10. The topological polar surface area (TPSA) is 67.3 Å². The molecule has 0 amide bonds. The molecule has 5 nitrogen and oxygen atoms in total. The summed E-state index contributed by atoms with van der Waals surface area (Å²) in [6, 6.07) is 5.73. The first-order chi connectivity index (χ1) is 12.9. The van der Waals surface area contributed by atoms with Gasteiger partial charge in [-0.15, -0.1) is 0 Å². The molecule has 0 aromatic carbocycles. The van der Waals surface area contributed by atoms with Gasteiger partial charge in [-0.05, 0) is 41.8 Å². The van der Waals surface area contributed by atoms with Crippen molar-refractivity contribution in [3.63, 3.8) is 0 Å². The number of aryl methyl sites for hydroxylation is 1. The Hall–Kier alpha value is -3.29. The largest absolute Gasteiger partial charge is 0.433 e. The molecule has 0 saturated heterocycles. The van der Waals surface area contributed by atoms with E-state index in [1.807, 2.05) is 13.1 Å². The van der Waals surface area contributed by atoms with Crippen molar-refractivity contribution in [3.8, 4) is 11.5 Å². The first kappa shape index (κ1) is 17.1. The van der Waals surface area contributed by atoms with Gasteiger partial charge in [0, 0.05) is 36.6 Å². The van der Waals surface area contributed by atoms with Crippen LogP contribution in [0.3, 0.4) is 0 Å². The van der Waals surface area contributed by atoms with E-state index >= 15 is 0 Å². The Labute approximate surface area is 152 Å². The summed E-state index contributed by atoms with van der Waals surface area (Å²) in [5, 5.41) is 1.03. The number of halogens is 3. The zero-order chi connectivity index (χ0) is 19.0. The fourth-order valence-corrected chi connectivity index (χ4v) is 2.82. The van der Waals surface area contributed by atoms with Crippen molar-refractivity contribution in [3.05, 3.63) is 71.4 Å². The van der Waals surface area contributed by atoms with Crippen LogP contribution < -0.4 is 0 Å². The monoisotopic (exact) mass is 369 g/mol. The lowest BCUT2D eigenvalue weighted by Crippen LogP contribution is -2.08. The van der Waals surface area contributed by atoms with E-state index < -0.39 is 11.9 Å². The number of pyridine rings is 2. The minimum atomic E-state index is -4.50. The van der Waals surface area contributed by atoms with Gasteiger partial charge < -0.3 is 4.98 Å². The van der Waals surface area contributed by atoms with E-state index in [0.29, 0.717) is 6.42 Å². The van der Waals surface area contributed by atoms with E-state index in [0.717, 1.165) is 33.8 Å². The molecule has 4 aromatic rings. The summed E-state index contributed by atoms with van der Waals surface area (Å²) in [6.07, 6.45) is 2.97. The quantitative estimate of drug-likeness (QED) is 0.584. The van der Waals surface area contributed by atoms with Gasteiger partial charge >= 0.3 is 6.18 Å². The van der Waals surface area contributed by atoms with Crippen molar-refractivity contribution in [2.45, 2.75) is 19.5 Å². The van der Waals surface area contributed by atoms with E-state index in [4.69, 9.17) is 0 Å². The van der Waals surface area contributed by atoms with Crippen molar-refractivity contribution in [1.29, 1.82) is 0 Å². The van der Waals surface area contributed by atoms with Crippen LogP contribution in [0.1, 0.15) is 22.4 Å². The fraction of sp³-hybridized carbons (Fsp3) is 0.158. The van der Waals surface area contributed by atoms with Crippen LogP contribution in [0.15, 0.2) is 49.1 Å². The molecule has 1 N–H and O–H groups in total. The third-order valence-corrected chi connectivity index (χ3v) is 4.12. The van der Waals surface area contributed by atoms with Crippen molar-refractivity contribution < 1.29 is 13.2 Å². The number of fused-ring (bicyclic) bond motifs is 1. The van der Waals surface area contributed by atoms with Gasteiger partial charge in [-0.2, -0.15) is 13.2 Å². The second-order valence-electron chi connectivity index (χ2n) is 6.22. The molecule has 0 bridgehead atoms. The summed E-state index contributed by atoms with van der Waals surface area (Å²) in [6.45, 7) is 1.98. The number of H-pyrrole nitrogens is 1. The summed E-state index contributed by atoms with van der Waals surface area (Å²) >= 11 is 0. The third kappa shape index (κ3) is 3.51. The molecular weight excluding hydrogens is 355 g/mol. The van der Waals surface area contributed by atoms with Gasteiger partial charge in [-0.3, -0.25) is 0 Å². The molecule has 0 radical (unpaired) electrons. The minimum absolute atomic E-state index is 0.0864. The number of nitrogens with zero attached hydrogens (tertiary/aromatic N) is 4. The second-order valence-corrected chi connectivity index (χ2v) is 6.22. The highest BCUT2D eigenvalue weighted by atomic mass is 19.4. The molecular formula is C19H14F3N5. The van der Waals surface area contributed by atoms with Crippen LogP contribution in [0, 0.1) is 6.92 Å². The van der Waals surface area contributed by atoms with Gasteiger partial charge in [0.1, 0.15) is 17.0 Å². The molecule has 8 heteroatoms. The standard InChI is InChI=1S/C19H14F3N5/c1-11-5-14-13(10-26-17(14)23-7-11)6-12-8-24-18(25-9-12)15-3-2-4-16(27-15)19(20,21)22/h2-5,7-10H,6H2,1H3,(H,23,26). The maximum absolute atomic E-state index is 12.8. The van der Waals surface area contributed by atoms with Crippen LogP contribution >= 0.6 is 0 Å². The zero-order valence-electron chi connectivity index (χ0n) is 14.2. The highest BCUT2D eigenvalue weighted by Crippen LogP contribution is 2.28. The average Bonchev–Trinajstić information content (AvgIpc) is 3.04. The molecule has 0 aliphatic rings. The van der Waals surface area contributed by atoms with Crippen LogP contribution in [0.4, 0.5) is 13.2 Å². The molecule has 0 aliphatic carbocycles. The number of hydrogen-bond acceptors (Lipinski definition) is 4. The highest BCUT2D eigenvalue weighted by molar-refractivity contribution is 5.80. The van der Waals surface area contributed by atoms with Crippen molar-refractivity contribution in [2.24, 2.45) is 0 Å². The first-order valence-electron chi connectivity index (χ1n) is 8.18. The highest BCUT2D eigenvalue weighted by Gasteiger charge is 2.32. The Balaban J connectivity index is 1.60. The third-order valence-electron chi connectivity index (χ3n) is 4.12. The van der Waals surface area contributed by atoms with Crippen molar-refractivity contribution in [1.82, 2.24) is 24.9 Å². The molecule has 4 aromatic heterocycles. The SMILES string of the molecule is Cc1cnc2[nH]cc(Cc3cnc(-c4cccc(C(F)(F)F)n4)nc3)c2c1. The van der Waals surface area contributed by atoms with E-state index in [2.05, 4.69) is 31.0 Å². The molecule has 0 saturated carbocycles. The molecule has 0 spiro atoms. The molecule has 4 heterocycles. The van der Waals surface area contributed by atoms with E-state index in [-0.39, 0.29) is 11.5 Å². The van der Waals surface area contributed by atoms with Crippen LogP contribution in [-0.2, 0) is 12.6 Å². The van der Waals surface area contributed by atoms with Crippen LogP contribution in [-0.4, -0.2) is 24.9 Å². The van der Waals surface area contributed by atoms with E-state index in [1.165, 1.54) is 12.1 Å². The Bertz CT molecular complexity index is 1100. The van der Waals surface area contributed by atoms with E-state index in [1.54, 1.807) is 18.6 Å². The van der Waals surface area contributed by atoms with Crippen LogP contribution in [0.5, 0.6) is 0 Å². The maximum atomic E-state index is 12.8. The first-order valence-corrected chi connectivity index (χ1v) is 8.18. The van der Waals surface area contributed by atoms with Crippen LogP contribution in [0.25, 0.3) is 22.6 Å². The molecule has 0 aliphatic heterocycles.